The van der Waals surface area contributed by atoms with E-state index < -0.39 is 0 Å². The molecule has 0 bridgehead atoms. The molecule has 5 heteroatoms. The summed E-state index contributed by atoms with van der Waals surface area (Å²) >= 11 is 1.63. The highest BCUT2D eigenvalue weighted by atomic mass is 32.2. The van der Waals surface area contributed by atoms with E-state index in [2.05, 4.69) is 5.32 Å². The van der Waals surface area contributed by atoms with Crippen LogP contribution in [-0.4, -0.2) is 30.6 Å². The van der Waals surface area contributed by atoms with Gasteiger partial charge in [-0.1, -0.05) is 12.1 Å². The molecular weight excluding hydrogens is 260 g/mol. The van der Waals surface area contributed by atoms with Crippen molar-refractivity contribution in [3.05, 3.63) is 24.3 Å². The highest BCUT2D eigenvalue weighted by molar-refractivity contribution is 7.99. The minimum Gasteiger partial charge on any atom is -0.492 e. The molecule has 0 aromatic heterocycles. The molecule has 0 aliphatic carbocycles. The molecular formula is C14H22N2O2S. The van der Waals surface area contributed by atoms with Crippen LogP contribution in [-0.2, 0) is 4.79 Å². The van der Waals surface area contributed by atoms with Crippen LogP contribution in [0, 0.1) is 0 Å². The number of carbonyl (C=O) groups excluding carboxylic acids is 1. The van der Waals surface area contributed by atoms with Crippen molar-refractivity contribution in [2.75, 3.05) is 30.0 Å². The topological polar surface area (TPSA) is 64.3 Å². The average Bonchev–Trinajstić information content (AvgIpc) is 2.41. The van der Waals surface area contributed by atoms with Gasteiger partial charge in [-0.25, -0.2) is 0 Å². The van der Waals surface area contributed by atoms with Crippen LogP contribution >= 0.6 is 11.8 Å². The number of para-hydroxylation sites is 2. The van der Waals surface area contributed by atoms with Crippen molar-refractivity contribution < 1.29 is 9.53 Å². The van der Waals surface area contributed by atoms with E-state index in [0.717, 1.165) is 24.3 Å². The van der Waals surface area contributed by atoms with Gasteiger partial charge in [0, 0.05) is 0 Å². The first-order chi connectivity index (χ1) is 9.27. The lowest BCUT2D eigenvalue weighted by Crippen LogP contribution is -2.15. The number of amides is 1. The van der Waals surface area contributed by atoms with Crippen LogP contribution in [0.5, 0.6) is 5.75 Å². The molecule has 3 N–H and O–H groups in total. The number of nitrogens with two attached hydrogens (primary N) is 1. The molecule has 0 aliphatic heterocycles. The maximum Gasteiger partial charge on any atom is 0.234 e. The first kappa shape index (κ1) is 15.9. The van der Waals surface area contributed by atoms with Crippen molar-refractivity contribution in [1.29, 1.82) is 0 Å². The molecule has 0 spiro atoms. The van der Waals surface area contributed by atoms with Crippen LogP contribution in [0.25, 0.3) is 0 Å². The Kier molecular flexibility index (Phi) is 8.09. The van der Waals surface area contributed by atoms with Gasteiger partial charge in [0.05, 0.1) is 18.0 Å². The molecule has 0 saturated heterocycles. The molecule has 19 heavy (non-hydrogen) atoms. The van der Waals surface area contributed by atoms with Crippen molar-refractivity contribution in [2.24, 2.45) is 5.73 Å². The minimum absolute atomic E-state index is 0.00454. The molecule has 0 heterocycles. The molecule has 0 radical (unpaired) electrons. The standard InChI is InChI=1S/C14H22N2O2S/c1-2-18-13-8-4-3-7-12(13)16-14(17)11-19-10-6-5-9-15/h3-4,7-8H,2,5-6,9-11,15H2,1H3,(H,16,17). The second-order valence-electron chi connectivity index (χ2n) is 4.03. The van der Waals surface area contributed by atoms with E-state index in [1.54, 1.807) is 11.8 Å². The van der Waals surface area contributed by atoms with E-state index in [0.29, 0.717) is 24.7 Å². The lowest BCUT2D eigenvalue weighted by atomic mass is 10.3. The zero-order chi connectivity index (χ0) is 13.9. The van der Waals surface area contributed by atoms with Gasteiger partial charge in [-0.2, -0.15) is 11.8 Å². The summed E-state index contributed by atoms with van der Waals surface area (Å²) in [6.45, 7) is 3.22. The van der Waals surface area contributed by atoms with Crippen LogP contribution in [0.15, 0.2) is 24.3 Å². The Bertz CT molecular complexity index is 385. The largest absolute Gasteiger partial charge is 0.492 e. The zero-order valence-electron chi connectivity index (χ0n) is 11.4. The molecule has 1 amide bonds. The fraction of sp³-hybridized carbons (Fsp3) is 0.500. The predicted octanol–water partition coefficient (Wildman–Crippen LogP) is 2.50. The first-order valence-corrected chi connectivity index (χ1v) is 7.73. The molecule has 1 aromatic carbocycles. The van der Waals surface area contributed by atoms with Crippen molar-refractivity contribution in [3.63, 3.8) is 0 Å². The van der Waals surface area contributed by atoms with Gasteiger partial charge in [-0.3, -0.25) is 4.79 Å². The zero-order valence-corrected chi connectivity index (χ0v) is 12.2. The molecule has 0 fully saturated rings. The Morgan fingerprint density at radius 3 is 2.89 bits per heavy atom. The third kappa shape index (κ3) is 6.50. The van der Waals surface area contributed by atoms with Gasteiger partial charge in [-0.05, 0) is 44.2 Å². The fourth-order valence-corrected chi connectivity index (χ4v) is 2.36. The maximum absolute atomic E-state index is 11.8. The van der Waals surface area contributed by atoms with Crippen LogP contribution in [0.3, 0.4) is 0 Å². The minimum atomic E-state index is 0.00454. The van der Waals surface area contributed by atoms with Gasteiger partial charge < -0.3 is 15.8 Å². The second kappa shape index (κ2) is 9.69. The normalized spacial score (nSPS) is 10.2. The van der Waals surface area contributed by atoms with Gasteiger partial charge >= 0.3 is 0 Å². The lowest BCUT2D eigenvalue weighted by molar-refractivity contribution is -0.113. The van der Waals surface area contributed by atoms with Crippen LogP contribution in [0.1, 0.15) is 19.8 Å². The van der Waals surface area contributed by atoms with Gasteiger partial charge in [0.25, 0.3) is 0 Å². The lowest BCUT2D eigenvalue weighted by Gasteiger charge is -2.11. The molecule has 0 unspecified atom stereocenters. The highest BCUT2D eigenvalue weighted by Gasteiger charge is 2.06. The van der Waals surface area contributed by atoms with Gasteiger partial charge in [0.2, 0.25) is 5.91 Å². The number of benzene rings is 1. The van der Waals surface area contributed by atoms with E-state index in [1.165, 1.54) is 0 Å². The Morgan fingerprint density at radius 2 is 2.16 bits per heavy atom. The quantitative estimate of drug-likeness (QED) is 0.683. The van der Waals surface area contributed by atoms with Gasteiger partial charge in [0.1, 0.15) is 5.75 Å². The second-order valence-corrected chi connectivity index (χ2v) is 5.13. The molecule has 4 nitrogen and oxygen atoms in total. The van der Waals surface area contributed by atoms with E-state index in [9.17, 15) is 4.79 Å². The Labute approximate surface area is 119 Å². The first-order valence-electron chi connectivity index (χ1n) is 6.57. The third-order valence-electron chi connectivity index (χ3n) is 2.44. The summed E-state index contributed by atoms with van der Waals surface area (Å²) in [4.78, 5) is 11.8. The number of unbranched alkanes of at least 4 members (excludes halogenated alkanes) is 1. The van der Waals surface area contributed by atoms with Gasteiger partial charge in [-0.15, -0.1) is 0 Å². The average molecular weight is 282 g/mol. The number of anilines is 1. The van der Waals surface area contributed by atoms with E-state index >= 15 is 0 Å². The number of thioether (sulfide) groups is 1. The van der Waals surface area contributed by atoms with E-state index in [4.69, 9.17) is 10.5 Å². The van der Waals surface area contributed by atoms with E-state index in [-0.39, 0.29) is 5.91 Å². The van der Waals surface area contributed by atoms with Crippen molar-refractivity contribution >= 4 is 23.4 Å². The molecule has 1 aromatic rings. The van der Waals surface area contributed by atoms with Crippen LogP contribution < -0.4 is 15.8 Å². The SMILES string of the molecule is CCOc1ccccc1NC(=O)CSCCCCN. The third-order valence-corrected chi connectivity index (χ3v) is 3.48. The highest BCUT2D eigenvalue weighted by Crippen LogP contribution is 2.23. The Morgan fingerprint density at radius 1 is 1.37 bits per heavy atom. The number of ether oxygens (including phenoxy) is 1. The fourth-order valence-electron chi connectivity index (χ4n) is 1.55. The molecule has 106 valence electrons. The predicted molar refractivity (Wildman–Crippen MR) is 81.9 cm³/mol. The van der Waals surface area contributed by atoms with Gasteiger partial charge in [0.15, 0.2) is 0 Å². The summed E-state index contributed by atoms with van der Waals surface area (Å²) in [6, 6.07) is 7.48. The Hall–Kier alpha value is -1.20. The summed E-state index contributed by atoms with van der Waals surface area (Å²) in [5.41, 5.74) is 6.15. The summed E-state index contributed by atoms with van der Waals surface area (Å²) in [7, 11) is 0. The smallest absolute Gasteiger partial charge is 0.234 e. The molecule has 0 aliphatic rings. The van der Waals surface area contributed by atoms with Crippen molar-refractivity contribution in [1.82, 2.24) is 0 Å². The summed E-state index contributed by atoms with van der Waals surface area (Å²) in [5, 5.41) is 2.88. The molecule has 0 atom stereocenters. The van der Waals surface area contributed by atoms with Crippen LogP contribution in [0.2, 0.25) is 0 Å². The Balaban J connectivity index is 2.35. The monoisotopic (exact) mass is 282 g/mol. The summed E-state index contributed by atoms with van der Waals surface area (Å²) < 4.78 is 5.46. The molecule has 1 rings (SSSR count). The summed E-state index contributed by atoms with van der Waals surface area (Å²) in [6.07, 6.45) is 2.08. The number of carbonyl (C=O) groups is 1. The summed E-state index contributed by atoms with van der Waals surface area (Å²) in [5.74, 6) is 2.15. The molecule has 0 saturated carbocycles. The maximum atomic E-state index is 11.8. The van der Waals surface area contributed by atoms with Crippen molar-refractivity contribution in [2.45, 2.75) is 19.8 Å². The van der Waals surface area contributed by atoms with Crippen LogP contribution in [0.4, 0.5) is 5.69 Å². The van der Waals surface area contributed by atoms with E-state index in [1.807, 2.05) is 31.2 Å². The number of hydrogen-bond acceptors (Lipinski definition) is 4. The number of nitrogens with one attached hydrogen (secondary N) is 1. The number of rotatable bonds is 9. The van der Waals surface area contributed by atoms with Crippen molar-refractivity contribution in [3.8, 4) is 5.75 Å². The number of hydrogen-bond donors (Lipinski definition) is 2.